The highest BCUT2D eigenvalue weighted by Gasteiger charge is 1.97. The van der Waals surface area contributed by atoms with E-state index in [1.165, 1.54) is 0 Å². The van der Waals surface area contributed by atoms with Crippen LogP contribution in [-0.4, -0.2) is 19.0 Å². The van der Waals surface area contributed by atoms with Gasteiger partial charge in [0.05, 0.1) is 13.1 Å². The smallest absolute Gasteiger partial charge is 0.220 e. The van der Waals surface area contributed by atoms with E-state index in [1.54, 1.807) is 0 Å². The second kappa shape index (κ2) is 7.28. The van der Waals surface area contributed by atoms with E-state index < -0.39 is 0 Å². The number of allylic oxidation sites excluding steroid dienone is 1. The lowest BCUT2D eigenvalue weighted by atomic mass is 10.2. The van der Waals surface area contributed by atoms with Gasteiger partial charge in [-0.3, -0.25) is 4.79 Å². The number of rotatable bonds is 6. The fourth-order valence-electron chi connectivity index (χ4n) is 0.723. The van der Waals surface area contributed by atoms with Gasteiger partial charge >= 0.3 is 0 Å². The van der Waals surface area contributed by atoms with E-state index in [0.717, 1.165) is 19.4 Å². The van der Waals surface area contributed by atoms with Crippen molar-refractivity contribution in [3.8, 4) is 0 Å². The van der Waals surface area contributed by atoms with Crippen molar-refractivity contribution in [3.05, 3.63) is 12.7 Å². The van der Waals surface area contributed by atoms with Crippen LogP contribution in [0.4, 0.5) is 0 Å². The molecule has 11 heavy (non-hydrogen) atoms. The van der Waals surface area contributed by atoms with Gasteiger partial charge in [-0.1, -0.05) is 6.08 Å². The number of nitrogens with one attached hydrogen (secondary N) is 1. The zero-order valence-electron chi connectivity index (χ0n) is 6.94. The first-order valence-corrected chi connectivity index (χ1v) is 3.98. The lowest BCUT2D eigenvalue weighted by molar-refractivity contribution is -0.364. The zero-order valence-corrected chi connectivity index (χ0v) is 6.94. The molecule has 4 N–H and O–H groups in total. The van der Waals surface area contributed by atoms with Gasteiger partial charge < -0.3 is 11.1 Å². The summed E-state index contributed by atoms with van der Waals surface area (Å²) in [5.74, 6) is 0.121. The molecule has 0 heterocycles. The number of amides is 1. The maximum absolute atomic E-state index is 10.9. The first-order chi connectivity index (χ1) is 5.31. The molecule has 0 rings (SSSR count). The minimum Gasteiger partial charge on any atom is -0.356 e. The number of carbonyl (C=O) groups is 1. The minimum atomic E-state index is 0.121. The molecule has 0 saturated heterocycles. The number of carbonyl (C=O) groups excluding carboxylic acids is 1. The number of quaternary nitrogens is 1. The van der Waals surface area contributed by atoms with Crippen LogP contribution < -0.4 is 11.1 Å². The molecule has 0 aliphatic carbocycles. The Kier molecular flexibility index (Phi) is 6.73. The topological polar surface area (TPSA) is 56.7 Å². The third-order valence-corrected chi connectivity index (χ3v) is 1.31. The monoisotopic (exact) mass is 157 g/mol. The maximum Gasteiger partial charge on any atom is 0.220 e. The Labute approximate surface area is 67.7 Å². The van der Waals surface area contributed by atoms with Gasteiger partial charge in [-0.2, -0.15) is 0 Å². The second-order valence-electron chi connectivity index (χ2n) is 2.38. The Morgan fingerprint density at radius 1 is 1.64 bits per heavy atom. The maximum atomic E-state index is 10.9. The fourth-order valence-corrected chi connectivity index (χ4v) is 0.723. The molecule has 0 atom stereocenters. The van der Waals surface area contributed by atoms with Crippen molar-refractivity contribution >= 4 is 5.91 Å². The summed E-state index contributed by atoms with van der Waals surface area (Å²) in [5.41, 5.74) is 3.62. The first kappa shape index (κ1) is 10.2. The molecular weight excluding hydrogens is 140 g/mol. The summed E-state index contributed by atoms with van der Waals surface area (Å²) in [7, 11) is 0. The van der Waals surface area contributed by atoms with Crippen molar-refractivity contribution in [1.82, 2.24) is 5.32 Å². The summed E-state index contributed by atoms with van der Waals surface area (Å²) in [6, 6.07) is 0. The molecule has 0 aromatic rings. The van der Waals surface area contributed by atoms with E-state index in [2.05, 4.69) is 17.6 Å². The second-order valence-corrected chi connectivity index (χ2v) is 2.38. The lowest BCUT2D eigenvalue weighted by Gasteiger charge is -1.99. The highest BCUT2D eigenvalue weighted by molar-refractivity contribution is 5.75. The molecule has 0 fully saturated rings. The largest absolute Gasteiger partial charge is 0.356 e. The highest BCUT2D eigenvalue weighted by atomic mass is 16.1. The van der Waals surface area contributed by atoms with Gasteiger partial charge in [-0.25, -0.2) is 0 Å². The van der Waals surface area contributed by atoms with Crippen LogP contribution in [0.5, 0.6) is 0 Å². The van der Waals surface area contributed by atoms with Gasteiger partial charge in [0.1, 0.15) is 0 Å². The summed E-state index contributed by atoms with van der Waals surface area (Å²) < 4.78 is 0. The van der Waals surface area contributed by atoms with E-state index in [4.69, 9.17) is 0 Å². The van der Waals surface area contributed by atoms with Crippen molar-refractivity contribution in [2.75, 3.05) is 13.1 Å². The van der Waals surface area contributed by atoms with Gasteiger partial charge in [-0.05, 0) is 12.8 Å². The molecular formula is C8H17N2O+. The summed E-state index contributed by atoms with van der Waals surface area (Å²) in [5, 5.41) is 2.76. The Bertz CT molecular complexity index is 123. The minimum absolute atomic E-state index is 0.121. The Balaban J connectivity index is 3.15. The summed E-state index contributed by atoms with van der Waals surface area (Å²) in [4.78, 5) is 10.9. The van der Waals surface area contributed by atoms with Gasteiger partial charge in [0.25, 0.3) is 0 Å². The Morgan fingerprint density at radius 2 is 2.36 bits per heavy atom. The molecule has 0 aromatic carbocycles. The van der Waals surface area contributed by atoms with Crippen molar-refractivity contribution in [1.29, 1.82) is 0 Å². The zero-order chi connectivity index (χ0) is 8.53. The van der Waals surface area contributed by atoms with Crippen molar-refractivity contribution in [3.63, 3.8) is 0 Å². The van der Waals surface area contributed by atoms with Gasteiger partial charge in [0, 0.05) is 6.42 Å². The first-order valence-electron chi connectivity index (χ1n) is 3.98. The molecule has 3 heteroatoms. The van der Waals surface area contributed by atoms with Gasteiger partial charge in [0.2, 0.25) is 5.91 Å². The summed E-state index contributed by atoms with van der Waals surface area (Å²) >= 11 is 0. The van der Waals surface area contributed by atoms with E-state index in [0.29, 0.717) is 13.0 Å². The third kappa shape index (κ3) is 7.06. The van der Waals surface area contributed by atoms with Gasteiger partial charge in [-0.15, -0.1) is 6.58 Å². The van der Waals surface area contributed by atoms with Crippen LogP contribution in [0.15, 0.2) is 12.7 Å². The quantitative estimate of drug-likeness (QED) is 0.403. The Hall–Kier alpha value is -0.830. The van der Waals surface area contributed by atoms with E-state index in [1.807, 2.05) is 6.08 Å². The van der Waals surface area contributed by atoms with E-state index >= 15 is 0 Å². The predicted octanol–water partition coefficient (Wildman–Crippen LogP) is -0.299. The number of hydrogen-bond acceptors (Lipinski definition) is 1. The standard InChI is InChI=1S/C8H16N2O/c1-2-3-4-5-8(11)10-7-6-9/h2H,1,3-7,9H2,(H,10,11)/p+1. The van der Waals surface area contributed by atoms with Crippen LogP contribution in [0.3, 0.4) is 0 Å². The van der Waals surface area contributed by atoms with Crippen LogP contribution in [-0.2, 0) is 4.79 Å². The molecule has 0 radical (unpaired) electrons. The lowest BCUT2D eigenvalue weighted by Crippen LogP contribution is -2.54. The van der Waals surface area contributed by atoms with Crippen molar-refractivity contribution in [2.24, 2.45) is 0 Å². The average Bonchev–Trinajstić information content (AvgIpc) is 2.01. The van der Waals surface area contributed by atoms with E-state index in [-0.39, 0.29) is 5.91 Å². The van der Waals surface area contributed by atoms with Crippen LogP contribution >= 0.6 is 0 Å². The highest BCUT2D eigenvalue weighted by Crippen LogP contribution is 1.94. The van der Waals surface area contributed by atoms with Crippen molar-refractivity contribution < 1.29 is 10.5 Å². The summed E-state index contributed by atoms with van der Waals surface area (Å²) in [6.07, 6.45) is 4.24. The van der Waals surface area contributed by atoms with Crippen LogP contribution in [0.25, 0.3) is 0 Å². The van der Waals surface area contributed by atoms with Crippen LogP contribution in [0.1, 0.15) is 19.3 Å². The molecule has 0 aliphatic rings. The predicted molar refractivity (Wildman–Crippen MR) is 44.8 cm³/mol. The van der Waals surface area contributed by atoms with E-state index in [9.17, 15) is 4.79 Å². The Morgan fingerprint density at radius 3 is 2.91 bits per heavy atom. The molecule has 0 unspecified atom stereocenters. The molecule has 0 spiro atoms. The number of unbranched alkanes of at least 4 members (excludes halogenated alkanes) is 1. The van der Waals surface area contributed by atoms with Crippen LogP contribution in [0.2, 0.25) is 0 Å². The molecule has 3 nitrogen and oxygen atoms in total. The normalized spacial score (nSPS) is 9.18. The molecule has 0 bridgehead atoms. The third-order valence-electron chi connectivity index (χ3n) is 1.31. The SMILES string of the molecule is C=CCCCC(=O)NCC[NH3+]. The molecule has 0 aromatic heterocycles. The molecule has 0 saturated carbocycles. The van der Waals surface area contributed by atoms with Crippen molar-refractivity contribution in [2.45, 2.75) is 19.3 Å². The molecule has 1 amide bonds. The van der Waals surface area contributed by atoms with Crippen LogP contribution in [0, 0.1) is 0 Å². The summed E-state index contributed by atoms with van der Waals surface area (Å²) in [6.45, 7) is 5.02. The molecule has 0 aliphatic heterocycles. The molecule has 64 valence electrons. The average molecular weight is 157 g/mol. The van der Waals surface area contributed by atoms with Gasteiger partial charge in [0.15, 0.2) is 0 Å². The fraction of sp³-hybridized carbons (Fsp3) is 0.625. The number of hydrogen-bond donors (Lipinski definition) is 2.